The second kappa shape index (κ2) is 7.82. The van der Waals surface area contributed by atoms with Crippen molar-refractivity contribution in [3.05, 3.63) is 23.3 Å². The molecule has 0 saturated heterocycles. The van der Waals surface area contributed by atoms with Crippen molar-refractivity contribution in [3.8, 4) is 11.5 Å². The Morgan fingerprint density at radius 1 is 1.19 bits per heavy atom. The van der Waals surface area contributed by atoms with Crippen LogP contribution in [0.2, 0.25) is 0 Å². The number of carbonyl (C=O) groups is 1. The highest BCUT2D eigenvalue weighted by molar-refractivity contribution is 5.76. The van der Waals surface area contributed by atoms with Gasteiger partial charge in [-0.15, -0.1) is 0 Å². The topological polar surface area (TPSA) is 105 Å². The first-order valence-corrected chi connectivity index (χ1v) is 6.38. The Hall–Kier alpha value is -1.83. The summed E-state index contributed by atoms with van der Waals surface area (Å²) in [5.41, 5.74) is 0.614. The summed E-state index contributed by atoms with van der Waals surface area (Å²) < 4.78 is 14.9. The summed E-state index contributed by atoms with van der Waals surface area (Å²) in [5, 5.41) is 29.2. The average molecular weight is 300 g/mol. The first-order chi connectivity index (χ1) is 9.99. The Morgan fingerprint density at radius 2 is 1.71 bits per heavy atom. The van der Waals surface area contributed by atoms with Gasteiger partial charge in [-0.3, -0.25) is 0 Å². The van der Waals surface area contributed by atoms with Crippen LogP contribution in [0.4, 0.5) is 0 Å². The summed E-state index contributed by atoms with van der Waals surface area (Å²) in [4.78, 5) is 11.5. The second-order valence-electron chi connectivity index (χ2n) is 4.21. The summed E-state index contributed by atoms with van der Waals surface area (Å²) in [7, 11) is 2.73. The molecule has 0 fully saturated rings. The maximum absolute atomic E-state index is 11.5. The molecule has 2 unspecified atom stereocenters. The van der Waals surface area contributed by atoms with Crippen LogP contribution in [-0.2, 0) is 16.1 Å². The zero-order valence-corrected chi connectivity index (χ0v) is 12.2. The van der Waals surface area contributed by atoms with Crippen LogP contribution in [0.15, 0.2) is 12.1 Å². The largest absolute Gasteiger partial charge is 0.496 e. The van der Waals surface area contributed by atoms with Gasteiger partial charge in [0.1, 0.15) is 17.6 Å². The van der Waals surface area contributed by atoms with Crippen molar-refractivity contribution < 1.29 is 34.3 Å². The molecule has 0 spiro atoms. The Bertz CT molecular complexity index is 461. The van der Waals surface area contributed by atoms with Crippen LogP contribution in [0, 0.1) is 0 Å². The fourth-order valence-electron chi connectivity index (χ4n) is 1.89. The summed E-state index contributed by atoms with van der Waals surface area (Å²) in [5.74, 6) is -0.566. The standard InChI is InChI=1S/C14H20O7/c1-4-21-14(18)13(17)12(16)11-9(19-2)5-8(7-15)6-10(11)20-3/h5-6,12-13,15-17H,4,7H2,1-3H3. The van der Waals surface area contributed by atoms with Gasteiger partial charge in [0, 0.05) is 0 Å². The van der Waals surface area contributed by atoms with Crippen molar-refractivity contribution in [2.45, 2.75) is 25.7 Å². The molecule has 0 aliphatic heterocycles. The van der Waals surface area contributed by atoms with Crippen molar-refractivity contribution in [1.82, 2.24) is 0 Å². The fraction of sp³-hybridized carbons (Fsp3) is 0.500. The Labute approximate surface area is 122 Å². The van der Waals surface area contributed by atoms with Crippen molar-refractivity contribution >= 4 is 5.97 Å². The predicted octanol–water partition coefficient (Wildman–Crippen LogP) is 0.153. The van der Waals surface area contributed by atoms with E-state index in [0.717, 1.165) is 0 Å². The summed E-state index contributed by atoms with van der Waals surface area (Å²) in [6.07, 6.45) is -3.35. The molecule has 0 radical (unpaired) electrons. The smallest absolute Gasteiger partial charge is 0.338 e. The van der Waals surface area contributed by atoms with Gasteiger partial charge in [-0.1, -0.05) is 0 Å². The molecule has 0 saturated carbocycles. The molecule has 21 heavy (non-hydrogen) atoms. The summed E-state index contributed by atoms with van der Waals surface area (Å²) >= 11 is 0. The van der Waals surface area contributed by atoms with E-state index < -0.39 is 18.2 Å². The third-order valence-electron chi connectivity index (χ3n) is 2.91. The van der Waals surface area contributed by atoms with Crippen LogP contribution in [0.3, 0.4) is 0 Å². The molecule has 0 aliphatic carbocycles. The minimum absolute atomic E-state index is 0.0837. The third-order valence-corrected chi connectivity index (χ3v) is 2.91. The fourth-order valence-corrected chi connectivity index (χ4v) is 1.89. The molecule has 7 heteroatoms. The zero-order chi connectivity index (χ0) is 16.0. The maximum Gasteiger partial charge on any atom is 0.338 e. The number of carbonyl (C=O) groups excluding carboxylic acids is 1. The molecule has 2 atom stereocenters. The van der Waals surface area contributed by atoms with Crippen LogP contribution in [0.1, 0.15) is 24.2 Å². The van der Waals surface area contributed by atoms with Gasteiger partial charge < -0.3 is 29.5 Å². The van der Waals surface area contributed by atoms with Gasteiger partial charge in [-0.25, -0.2) is 4.79 Å². The molecular weight excluding hydrogens is 280 g/mol. The van der Waals surface area contributed by atoms with Gasteiger partial charge in [0.25, 0.3) is 0 Å². The van der Waals surface area contributed by atoms with Crippen LogP contribution in [0.25, 0.3) is 0 Å². The van der Waals surface area contributed by atoms with Gasteiger partial charge in [0.2, 0.25) is 0 Å². The number of benzene rings is 1. The summed E-state index contributed by atoms with van der Waals surface area (Å²) in [6, 6.07) is 2.97. The van der Waals surface area contributed by atoms with Gasteiger partial charge in [-0.05, 0) is 24.6 Å². The lowest BCUT2D eigenvalue weighted by Gasteiger charge is -2.22. The Kier molecular flexibility index (Phi) is 6.41. The number of aliphatic hydroxyl groups is 3. The Balaban J connectivity index is 3.23. The monoisotopic (exact) mass is 300 g/mol. The average Bonchev–Trinajstić information content (AvgIpc) is 2.51. The summed E-state index contributed by atoms with van der Waals surface area (Å²) in [6.45, 7) is 1.43. The molecule has 0 bridgehead atoms. The molecular formula is C14H20O7. The van der Waals surface area contributed by atoms with Gasteiger partial charge in [0.05, 0.1) is 33.0 Å². The lowest BCUT2D eigenvalue weighted by molar-refractivity contribution is -0.159. The van der Waals surface area contributed by atoms with E-state index in [2.05, 4.69) is 4.74 Å². The van der Waals surface area contributed by atoms with Crippen LogP contribution in [0.5, 0.6) is 11.5 Å². The molecule has 1 aromatic rings. The van der Waals surface area contributed by atoms with E-state index in [-0.39, 0.29) is 30.3 Å². The van der Waals surface area contributed by atoms with Gasteiger partial charge >= 0.3 is 5.97 Å². The van der Waals surface area contributed by atoms with Crippen LogP contribution >= 0.6 is 0 Å². The third kappa shape index (κ3) is 3.84. The van der Waals surface area contributed by atoms with Crippen molar-refractivity contribution in [2.24, 2.45) is 0 Å². The molecule has 1 aromatic carbocycles. The number of esters is 1. The molecule has 3 N–H and O–H groups in total. The minimum Gasteiger partial charge on any atom is -0.496 e. The number of aliphatic hydroxyl groups excluding tert-OH is 3. The molecule has 0 amide bonds. The lowest BCUT2D eigenvalue weighted by atomic mass is 10.00. The van der Waals surface area contributed by atoms with Crippen molar-refractivity contribution in [3.63, 3.8) is 0 Å². The molecule has 1 rings (SSSR count). The maximum atomic E-state index is 11.5. The number of rotatable bonds is 7. The highest BCUT2D eigenvalue weighted by Gasteiger charge is 2.32. The van der Waals surface area contributed by atoms with Crippen molar-refractivity contribution in [1.29, 1.82) is 0 Å². The number of hydrogen-bond donors (Lipinski definition) is 3. The first kappa shape index (κ1) is 17.2. The van der Waals surface area contributed by atoms with Gasteiger partial charge in [-0.2, -0.15) is 0 Å². The van der Waals surface area contributed by atoms with E-state index >= 15 is 0 Å². The second-order valence-corrected chi connectivity index (χ2v) is 4.21. The van der Waals surface area contributed by atoms with E-state index in [1.807, 2.05) is 0 Å². The van der Waals surface area contributed by atoms with Crippen molar-refractivity contribution in [2.75, 3.05) is 20.8 Å². The Morgan fingerprint density at radius 3 is 2.10 bits per heavy atom. The number of hydrogen-bond acceptors (Lipinski definition) is 7. The van der Waals surface area contributed by atoms with E-state index in [1.165, 1.54) is 26.4 Å². The molecule has 0 aromatic heterocycles. The highest BCUT2D eigenvalue weighted by Crippen LogP contribution is 2.37. The molecule has 7 nitrogen and oxygen atoms in total. The quantitative estimate of drug-likeness (QED) is 0.616. The normalized spacial score (nSPS) is 13.4. The highest BCUT2D eigenvalue weighted by atomic mass is 16.5. The lowest BCUT2D eigenvalue weighted by Crippen LogP contribution is -2.30. The van der Waals surface area contributed by atoms with Crippen LogP contribution < -0.4 is 9.47 Å². The number of ether oxygens (including phenoxy) is 3. The minimum atomic E-state index is -1.77. The SMILES string of the molecule is CCOC(=O)C(O)C(O)c1c(OC)cc(CO)cc1OC. The predicted molar refractivity (Wildman–Crippen MR) is 73.1 cm³/mol. The first-order valence-electron chi connectivity index (χ1n) is 6.38. The molecule has 118 valence electrons. The van der Waals surface area contributed by atoms with Gasteiger partial charge in [0.15, 0.2) is 6.10 Å². The van der Waals surface area contributed by atoms with E-state index in [0.29, 0.717) is 5.56 Å². The zero-order valence-electron chi connectivity index (χ0n) is 12.2. The number of methoxy groups -OCH3 is 2. The van der Waals surface area contributed by atoms with E-state index in [4.69, 9.17) is 9.47 Å². The van der Waals surface area contributed by atoms with Crippen LogP contribution in [-0.4, -0.2) is 48.2 Å². The van der Waals surface area contributed by atoms with E-state index in [9.17, 15) is 20.1 Å². The molecule has 0 heterocycles. The van der Waals surface area contributed by atoms with E-state index in [1.54, 1.807) is 6.92 Å². The molecule has 0 aliphatic rings.